The molecule has 9 heteroatoms. The van der Waals surface area contributed by atoms with Gasteiger partial charge in [0.15, 0.2) is 0 Å². The minimum absolute atomic E-state index is 0.00773. The lowest BCUT2D eigenvalue weighted by molar-refractivity contribution is -0.133. The highest BCUT2D eigenvalue weighted by molar-refractivity contribution is 5.99. The first kappa shape index (κ1) is 25.1. The lowest BCUT2D eigenvalue weighted by Crippen LogP contribution is -2.19. The number of esters is 2. The van der Waals surface area contributed by atoms with Gasteiger partial charge >= 0.3 is 11.9 Å². The second-order valence-corrected chi connectivity index (χ2v) is 8.12. The number of hydrazone groups is 1. The molecule has 3 aromatic carbocycles. The van der Waals surface area contributed by atoms with Gasteiger partial charge in [-0.2, -0.15) is 10.2 Å². The Bertz CT molecular complexity index is 1470. The summed E-state index contributed by atoms with van der Waals surface area (Å²) in [5.41, 5.74) is 6.64. The number of carbonyl (C=O) groups excluding carboxylic acids is 3. The number of hydrogen-bond donors (Lipinski definition) is 1. The van der Waals surface area contributed by atoms with Crippen LogP contribution < -0.4 is 14.9 Å². The number of para-hydroxylation sites is 1. The maximum Gasteiger partial charge on any atom is 0.308 e. The molecule has 4 rings (SSSR count). The van der Waals surface area contributed by atoms with Crippen molar-refractivity contribution < 1.29 is 23.9 Å². The molecule has 1 aromatic heterocycles. The molecule has 186 valence electrons. The van der Waals surface area contributed by atoms with Gasteiger partial charge in [-0.25, -0.2) is 10.1 Å². The number of nitrogens with zero attached hydrogens (tertiary/aromatic N) is 3. The van der Waals surface area contributed by atoms with Crippen LogP contribution in [0.3, 0.4) is 0 Å². The minimum atomic E-state index is -0.658. The van der Waals surface area contributed by atoms with Gasteiger partial charge in [0.05, 0.1) is 17.5 Å². The maximum absolute atomic E-state index is 12.9. The summed E-state index contributed by atoms with van der Waals surface area (Å²) >= 11 is 0. The number of rotatable bonds is 7. The van der Waals surface area contributed by atoms with E-state index in [9.17, 15) is 14.4 Å². The number of amides is 1. The average Bonchev–Trinajstić information content (AvgIpc) is 3.29. The van der Waals surface area contributed by atoms with Crippen LogP contribution in [0.1, 0.15) is 35.3 Å². The van der Waals surface area contributed by atoms with Crippen molar-refractivity contribution in [1.29, 1.82) is 0 Å². The maximum atomic E-state index is 12.9. The molecule has 37 heavy (non-hydrogen) atoms. The Morgan fingerprint density at radius 1 is 0.919 bits per heavy atom. The zero-order valence-corrected chi connectivity index (χ0v) is 20.5. The molecule has 0 fully saturated rings. The summed E-state index contributed by atoms with van der Waals surface area (Å²) in [6, 6.07) is 21.6. The first-order valence-corrected chi connectivity index (χ1v) is 11.4. The number of aryl methyl sites for hydroxylation is 1. The molecule has 0 saturated carbocycles. The topological polar surface area (TPSA) is 112 Å². The van der Waals surface area contributed by atoms with E-state index in [1.807, 2.05) is 67.7 Å². The first-order valence-electron chi connectivity index (χ1n) is 11.4. The third-order valence-corrected chi connectivity index (χ3v) is 5.17. The zero-order valence-electron chi connectivity index (χ0n) is 20.5. The van der Waals surface area contributed by atoms with Crippen molar-refractivity contribution in [2.75, 3.05) is 0 Å². The molecule has 0 bridgehead atoms. The van der Waals surface area contributed by atoms with Gasteiger partial charge in [0.1, 0.15) is 17.2 Å². The van der Waals surface area contributed by atoms with Crippen LogP contribution in [-0.2, 0) is 9.59 Å². The number of aromatic nitrogens is 2. The second kappa shape index (κ2) is 11.1. The Labute approximate surface area is 213 Å². The van der Waals surface area contributed by atoms with Gasteiger partial charge in [0, 0.05) is 31.2 Å². The molecule has 1 heterocycles. The van der Waals surface area contributed by atoms with Crippen molar-refractivity contribution in [1.82, 2.24) is 15.2 Å². The fourth-order valence-corrected chi connectivity index (χ4v) is 3.51. The van der Waals surface area contributed by atoms with Crippen LogP contribution in [-0.4, -0.2) is 33.8 Å². The van der Waals surface area contributed by atoms with Crippen LogP contribution in [0.2, 0.25) is 0 Å². The summed E-state index contributed by atoms with van der Waals surface area (Å²) in [6.07, 6.45) is 3.30. The van der Waals surface area contributed by atoms with Gasteiger partial charge in [-0.15, -0.1) is 0 Å². The molecule has 1 N–H and O–H groups in total. The Kier molecular flexibility index (Phi) is 7.53. The van der Waals surface area contributed by atoms with Crippen molar-refractivity contribution >= 4 is 24.1 Å². The third kappa shape index (κ3) is 6.34. The van der Waals surface area contributed by atoms with Gasteiger partial charge in [-0.1, -0.05) is 48.0 Å². The van der Waals surface area contributed by atoms with E-state index in [-0.39, 0.29) is 17.1 Å². The summed E-state index contributed by atoms with van der Waals surface area (Å²) in [7, 11) is 0. The quantitative estimate of drug-likeness (QED) is 0.175. The summed E-state index contributed by atoms with van der Waals surface area (Å²) in [4.78, 5) is 35.7. The van der Waals surface area contributed by atoms with E-state index < -0.39 is 17.8 Å². The summed E-state index contributed by atoms with van der Waals surface area (Å²) in [6.45, 7) is 4.47. The van der Waals surface area contributed by atoms with E-state index in [0.29, 0.717) is 11.3 Å². The van der Waals surface area contributed by atoms with E-state index in [4.69, 9.17) is 14.6 Å². The molecule has 0 radical (unpaired) electrons. The largest absolute Gasteiger partial charge is 0.427 e. The van der Waals surface area contributed by atoms with E-state index in [2.05, 4.69) is 10.5 Å². The molecule has 0 atom stereocenters. The van der Waals surface area contributed by atoms with E-state index in [1.165, 1.54) is 38.3 Å². The first-order chi connectivity index (χ1) is 17.8. The van der Waals surface area contributed by atoms with Crippen LogP contribution in [0.4, 0.5) is 0 Å². The highest BCUT2D eigenvalue weighted by Crippen LogP contribution is 2.26. The van der Waals surface area contributed by atoms with Crippen molar-refractivity contribution in [3.8, 4) is 28.4 Å². The summed E-state index contributed by atoms with van der Waals surface area (Å²) in [5, 5.41) is 8.84. The van der Waals surface area contributed by atoms with Gasteiger partial charge < -0.3 is 9.47 Å². The lowest BCUT2D eigenvalue weighted by Gasteiger charge is -2.09. The number of carbonyl (C=O) groups is 3. The van der Waals surface area contributed by atoms with Crippen LogP contribution in [0.15, 0.2) is 84.1 Å². The van der Waals surface area contributed by atoms with Crippen LogP contribution in [0.5, 0.6) is 11.5 Å². The van der Waals surface area contributed by atoms with Gasteiger partial charge in [-0.3, -0.25) is 14.4 Å². The Balaban J connectivity index is 1.63. The zero-order chi connectivity index (χ0) is 26.4. The van der Waals surface area contributed by atoms with Crippen molar-refractivity contribution in [3.63, 3.8) is 0 Å². The normalized spacial score (nSPS) is 10.8. The monoisotopic (exact) mass is 496 g/mol. The predicted molar refractivity (Wildman–Crippen MR) is 138 cm³/mol. The molecule has 0 aliphatic rings. The molecule has 0 aliphatic heterocycles. The highest BCUT2D eigenvalue weighted by atomic mass is 16.5. The summed E-state index contributed by atoms with van der Waals surface area (Å²) in [5.74, 6) is -1.68. The molecule has 0 spiro atoms. The molecule has 0 saturated heterocycles. The summed E-state index contributed by atoms with van der Waals surface area (Å²) < 4.78 is 11.9. The Morgan fingerprint density at radius 3 is 2.30 bits per heavy atom. The SMILES string of the molecule is CC(=O)Oc1ccc(OC(C)=O)c(C(=O)N/N=C\c2cn(-c3ccccc3)nc2-c2ccc(C)cc2)c1. The predicted octanol–water partition coefficient (Wildman–Crippen LogP) is 4.46. The van der Waals surface area contributed by atoms with Gasteiger partial charge in [0.25, 0.3) is 5.91 Å². The molecule has 0 aliphatic carbocycles. The molecule has 1 amide bonds. The molecule has 4 aromatic rings. The van der Waals surface area contributed by atoms with Crippen LogP contribution >= 0.6 is 0 Å². The number of ether oxygens (including phenoxy) is 2. The second-order valence-electron chi connectivity index (χ2n) is 8.12. The number of nitrogens with one attached hydrogen (secondary N) is 1. The van der Waals surface area contributed by atoms with Crippen molar-refractivity contribution in [3.05, 3.63) is 95.7 Å². The Morgan fingerprint density at radius 2 is 1.62 bits per heavy atom. The van der Waals surface area contributed by atoms with E-state index >= 15 is 0 Å². The average molecular weight is 497 g/mol. The highest BCUT2D eigenvalue weighted by Gasteiger charge is 2.17. The molecular formula is C28H24N4O5. The Hall–Kier alpha value is -5.05. The van der Waals surface area contributed by atoms with Crippen molar-refractivity contribution in [2.24, 2.45) is 5.10 Å². The molecule has 0 unspecified atom stereocenters. The van der Waals surface area contributed by atoms with E-state index in [0.717, 1.165) is 16.8 Å². The van der Waals surface area contributed by atoms with Crippen LogP contribution in [0, 0.1) is 6.92 Å². The van der Waals surface area contributed by atoms with E-state index in [1.54, 1.807) is 4.68 Å². The van der Waals surface area contributed by atoms with Crippen molar-refractivity contribution in [2.45, 2.75) is 20.8 Å². The van der Waals surface area contributed by atoms with Gasteiger partial charge in [0.2, 0.25) is 0 Å². The fourth-order valence-electron chi connectivity index (χ4n) is 3.51. The number of benzene rings is 3. The third-order valence-electron chi connectivity index (χ3n) is 5.17. The number of hydrogen-bond acceptors (Lipinski definition) is 7. The fraction of sp³-hybridized carbons (Fsp3) is 0.107. The van der Waals surface area contributed by atoms with Crippen LogP contribution in [0.25, 0.3) is 16.9 Å². The van der Waals surface area contributed by atoms with Gasteiger partial charge in [-0.05, 0) is 37.3 Å². The smallest absolute Gasteiger partial charge is 0.308 e. The standard InChI is InChI=1S/C28H24N4O5/c1-18-9-11-21(12-10-18)27-22(17-32(31-27)23-7-5-4-6-8-23)16-29-30-28(35)25-15-24(36-19(2)33)13-14-26(25)37-20(3)34/h4-17H,1-3H3,(H,30,35)/b29-16-. The molecular weight excluding hydrogens is 472 g/mol. The lowest BCUT2D eigenvalue weighted by atomic mass is 10.1. The molecule has 9 nitrogen and oxygen atoms in total. The minimum Gasteiger partial charge on any atom is -0.427 e.